The number of urea groups is 1. The number of carbonyl (C=O) groups excluding carboxylic acids is 1. The number of halogens is 1. The highest BCUT2D eigenvalue weighted by Crippen LogP contribution is 2.20. The molecule has 0 atom stereocenters. The highest BCUT2D eigenvalue weighted by atomic mass is 19.1. The number of benzene rings is 3. The van der Waals surface area contributed by atoms with E-state index in [-0.39, 0.29) is 30.4 Å². The molecule has 3 aromatic carbocycles. The van der Waals surface area contributed by atoms with Crippen LogP contribution >= 0.6 is 0 Å². The molecule has 0 radical (unpaired) electrons. The van der Waals surface area contributed by atoms with Crippen LogP contribution < -0.4 is 10.7 Å². The van der Waals surface area contributed by atoms with Crippen LogP contribution in [0.4, 0.5) is 14.9 Å². The number of carbonyl (C=O) groups is 1. The maximum atomic E-state index is 13.4. The monoisotopic (exact) mass is 430 g/mol. The van der Waals surface area contributed by atoms with Crippen LogP contribution in [0.25, 0.3) is 11.0 Å². The molecule has 32 heavy (non-hydrogen) atoms. The second-order valence-electron chi connectivity index (χ2n) is 7.75. The summed E-state index contributed by atoms with van der Waals surface area (Å²) in [6.07, 6.45) is 1.40. The highest BCUT2D eigenvalue weighted by molar-refractivity contribution is 5.90. The summed E-state index contributed by atoms with van der Waals surface area (Å²) in [5.41, 5.74) is 4.14. The molecule has 1 N–H and O–H groups in total. The lowest BCUT2D eigenvalue weighted by Gasteiger charge is -2.24. The van der Waals surface area contributed by atoms with Gasteiger partial charge in [-0.25, -0.2) is 9.18 Å². The van der Waals surface area contributed by atoms with E-state index in [0.717, 1.165) is 16.7 Å². The third kappa shape index (κ3) is 4.54. The normalized spacial score (nSPS) is 10.8. The Labute approximate surface area is 185 Å². The SMILES string of the molecule is Cc1cccc(NC(=O)N(Cc2ccc(F)cc2)Cc2coc3ccccc3c2=O)c1C. The van der Waals surface area contributed by atoms with Crippen molar-refractivity contribution in [1.82, 2.24) is 4.90 Å². The van der Waals surface area contributed by atoms with Gasteiger partial charge in [-0.2, -0.15) is 0 Å². The minimum atomic E-state index is -0.365. The van der Waals surface area contributed by atoms with E-state index in [0.29, 0.717) is 22.2 Å². The van der Waals surface area contributed by atoms with Crippen molar-refractivity contribution in [2.75, 3.05) is 5.32 Å². The molecule has 5 nitrogen and oxygen atoms in total. The Hall–Kier alpha value is -3.93. The summed E-state index contributed by atoms with van der Waals surface area (Å²) >= 11 is 0. The van der Waals surface area contributed by atoms with Crippen LogP contribution in [0.5, 0.6) is 0 Å². The van der Waals surface area contributed by atoms with E-state index in [1.165, 1.54) is 23.3 Å². The molecule has 0 saturated carbocycles. The summed E-state index contributed by atoms with van der Waals surface area (Å²) in [6.45, 7) is 4.15. The molecule has 0 aliphatic carbocycles. The number of rotatable bonds is 5. The molecule has 0 saturated heterocycles. The number of hydrogen-bond acceptors (Lipinski definition) is 3. The van der Waals surface area contributed by atoms with Gasteiger partial charge in [0.2, 0.25) is 0 Å². The first-order valence-corrected chi connectivity index (χ1v) is 10.3. The summed E-state index contributed by atoms with van der Waals surface area (Å²) in [6, 6.07) is 18.2. The second kappa shape index (κ2) is 9.06. The standard InChI is InChI=1S/C26H23FN2O3/c1-17-6-5-8-23(18(17)2)28-26(31)29(14-19-10-12-21(27)13-11-19)15-20-16-32-24-9-4-3-7-22(24)25(20)30/h3-13,16H,14-15H2,1-2H3,(H,28,31). The predicted octanol–water partition coefficient (Wildman–Crippen LogP) is 5.78. The van der Waals surface area contributed by atoms with Crippen molar-refractivity contribution in [3.8, 4) is 0 Å². The molecule has 4 aromatic rings. The lowest BCUT2D eigenvalue weighted by atomic mass is 10.1. The molecule has 0 unspecified atom stereocenters. The summed E-state index contributed by atoms with van der Waals surface area (Å²) in [5.74, 6) is -0.352. The van der Waals surface area contributed by atoms with Crippen LogP contribution in [0, 0.1) is 19.7 Å². The molecule has 2 amide bonds. The van der Waals surface area contributed by atoms with Gasteiger partial charge in [0.05, 0.1) is 23.8 Å². The Morgan fingerprint density at radius 3 is 2.50 bits per heavy atom. The lowest BCUT2D eigenvalue weighted by Crippen LogP contribution is -2.35. The van der Waals surface area contributed by atoms with Gasteiger partial charge in [0.15, 0.2) is 5.43 Å². The lowest BCUT2D eigenvalue weighted by molar-refractivity contribution is 0.206. The first-order valence-electron chi connectivity index (χ1n) is 10.3. The molecular formula is C26H23FN2O3. The van der Waals surface area contributed by atoms with Gasteiger partial charge in [0, 0.05) is 12.2 Å². The molecule has 6 heteroatoms. The van der Waals surface area contributed by atoms with E-state index in [4.69, 9.17) is 4.42 Å². The molecule has 1 aromatic heterocycles. The Bertz CT molecular complexity index is 1330. The number of anilines is 1. The first-order chi connectivity index (χ1) is 15.4. The van der Waals surface area contributed by atoms with Crippen LogP contribution in [-0.4, -0.2) is 10.9 Å². The smallest absolute Gasteiger partial charge is 0.322 e. The number of nitrogens with one attached hydrogen (secondary N) is 1. The number of hydrogen-bond donors (Lipinski definition) is 1. The van der Waals surface area contributed by atoms with Crippen molar-refractivity contribution in [2.45, 2.75) is 26.9 Å². The molecule has 162 valence electrons. The van der Waals surface area contributed by atoms with Crippen LogP contribution in [0.2, 0.25) is 0 Å². The molecule has 0 fully saturated rings. The van der Waals surface area contributed by atoms with Crippen molar-refractivity contribution in [2.24, 2.45) is 0 Å². The third-order valence-corrected chi connectivity index (χ3v) is 5.53. The molecular weight excluding hydrogens is 407 g/mol. The van der Waals surface area contributed by atoms with Crippen molar-refractivity contribution >= 4 is 22.7 Å². The zero-order chi connectivity index (χ0) is 22.7. The number of nitrogens with zero attached hydrogens (tertiary/aromatic N) is 1. The molecule has 0 aliphatic rings. The van der Waals surface area contributed by atoms with E-state index in [1.807, 2.05) is 32.0 Å². The number of aryl methyl sites for hydroxylation is 1. The van der Waals surface area contributed by atoms with Crippen LogP contribution in [0.1, 0.15) is 22.3 Å². The predicted molar refractivity (Wildman–Crippen MR) is 123 cm³/mol. The Morgan fingerprint density at radius 1 is 0.969 bits per heavy atom. The third-order valence-electron chi connectivity index (χ3n) is 5.53. The zero-order valence-corrected chi connectivity index (χ0v) is 17.9. The van der Waals surface area contributed by atoms with Crippen molar-refractivity contribution in [3.63, 3.8) is 0 Å². The van der Waals surface area contributed by atoms with E-state index >= 15 is 0 Å². The zero-order valence-electron chi connectivity index (χ0n) is 17.9. The average molecular weight is 430 g/mol. The highest BCUT2D eigenvalue weighted by Gasteiger charge is 2.19. The summed E-state index contributed by atoms with van der Waals surface area (Å²) in [7, 11) is 0. The van der Waals surface area contributed by atoms with E-state index < -0.39 is 0 Å². The van der Waals surface area contributed by atoms with E-state index in [9.17, 15) is 14.0 Å². The molecule has 0 bridgehead atoms. The summed E-state index contributed by atoms with van der Waals surface area (Å²) in [5, 5.41) is 3.40. The van der Waals surface area contributed by atoms with Crippen molar-refractivity contribution in [1.29, 1.82) is 0 Å². The average Bonchev–Trinajstić information content (AvgIpc) is 2.79. The van der Waals surface area contributed by atoms with Gasteiger partial charge in [0.25, 0.3) is 0 Å². The quantitative estimate of drug-likeness (QED) is 0.436. The van der Waals surface area contributed by atoms with Crippen LogP contribution in [0.15, 0.2) is 82.2 Å². The maximum Gasteiger partial charge on any atom is 0.322 e. The second-order valence-corrected chi connectivity index (χ2v) is 7.75. The largest absolute Gasteiger partial charge is 0.464 e. The summed E-state index contributed by atoms with van der Waals surface area (Å²) < 4.78 is 19.0. The summed E-state index contributed by atoms with van der Waals surface area (Å²) in [4.78, 5) is 27.7. The minimum absolute atomic E-state index is 0.0429. The van der Waals surface area contributed by atoms with Gasteiger partial charge >= 0.3 is 6.03 Å². The van der Waals surface area contributed by atoms with Gasteiger partial charge < -0.3 is 14.6 Å². The fourth-order valence-corrected chi connectivity index (χ4v) is 3.52. The van der Waals surface area contributed by atoms with Gasteiger partial charge in [-0.05, 0) is 60.9 Å². The molecule has 1 heterocycles. The maximum absolute atomic E-state index is 13.4. The van der Waals surface area contributed by atoms with Crippen LogP contribution in [-0.2, 0) is 13.1 Å². The van der Waals surface area contributed by atoms with E-state index in [2.05, 4.69) is 5.32 Å². The molecule has 0 spiro atoms. The number of fused-ring (bicyclic) bond motifs is 1. The molecule has 4 rings (SSSR count). The fraction of sp³-hybridized carbons (Fsp3) is 0.154. The van der Waals surface area contributed by atoms with Gasteiger partial charge in [-0.15, -0.1) is 0 Å². The van der Waals surface area contributed by atoms with E-state index in [1.54, 1.807) is 36.4 Å². The van der Waals surface area contributed by atoms with Gasteiger partial charge in [0.1, 0.15) is 11.4 Å². The van der Waals surface area contributed by atoms with Gasteiger partial charge in [-0.1, -0.05) is 36.4 Å². The Kier molecular flexibility index (Phi) is 6.03. The first kappa shape index (κ1) is 21.3. The number of para-hydroxylation sites is 1. The van der Waals surface area contributed by atoms with Crippen molar-refractivity contribution in [3.05, 3.63) is 111 Å². The fourth-order valence-electron chi connectivity index (χ4n) is 3.52. The van der Waals surface area contributed by atoms with Gasteiger partial charge in [-0.3, -0.25) is 4.79 Å². The topological polar surface area (TPSA) is 62.6 Å². The molecule has 0 aliphatic heterocycles. The Balaban J connectivity index is 1.66. The minimum Gasteiger partial charge on any atom is -0.464 e. The van der Waals surface area contributed by atoms with Crippen LogP contribution in [0.3, 0.4) is 0 Å². The number of amides is 2. The van der Waals surface area contributed by atoms with Crippen molar-refractivity contribution < 1.29 is 13.6 Å². The Morgan fingerprint density at radius 2 is 1.72 bits per heavy atom.